The number of hydrogen-bond acceptors (Lipinski definition) is 5. The van der Waals surface area contributed by atoms with Crippen molar-refractivity contribution in [3.63, 3.8) is 0 Å². The van der Waals surface area contributed by atoms with Crippen molar-refractivity contribution in [2.75, 3.05) is 5.32 Å². The molecule has 4 nitrogen and oxygen atoms in total. The van der Waals surface area contributed by atoms with Crippen molar-refractivity contribution in [1.29, 1.82) is 0 Å². The topological polar surface area (TPSA) is 51.0 Å². The molecule has 2 heterocycles. The van der Waals surface area contributed by atoms with Gasteiger partial charge in [-0.1, -0.05) is 5.10 Å². The standard InChI is InChI=1S/C7H6BrN3OS/c8-5-1-2-13-6(5)3-9-7-11-10-4-12-7/h1-2,4H,3H2,(H,9,11). The Morgan fingerprint density at radius 3 is 3.15 bits per heavy atom. The van der Waals surface area contributed by atoms with E-state index in [1.54, 1.807) is 11.3 Å². The summed E-state index contributed by atoms with van der Waals surface area (Å²) < 4.78 is 6.03. The van der Waals surface area contributed by atoms with Crippen LogP contribution in [0.2, 0.25) is 0 Å². The van der Waals surface area contributed by atoms with Crippen LogP contribution in [0.4, 0.5) is 6.01 Å². The van der Waals surface area contributed by atoms with Gasteiger partial charge in [-0.05, 0) is 27.4 Å². The fraction of sp³-hybridized carbons (Fsp3) is 0.143. The quantitative estimate of drug-likeness (QED) is 0.921. The van der Waals surface area contributed by atoms with Gasteiger partial charge in [-0.3, -0.25) is 0 Å². The zero-order chi connectivity index (χ0) is 9.10. The first-order chi connectivity index (χ1) is 6.36. The van der Waals surface area contributed by atoms with Gasteiger partial charge in [0.2, 0.25) is 6.39 Å². The van der Waals surface area contributed by atoms with E-state index in [1.807, 2.05) is 11.4 Å². The molecular weight excluding hydrogens is 254 g/mol. The molecule has 2 aromatic heterocycles. The molecule has 0 aliphatic rings. The molecule has 1 N–H and O–H groups in total. The summed E-state index contributed by atoms with van der Waals surface area (Å²) in [4.78, 5) is 1.21. The normalized spacial score (nSPS) is 10.2. The Hall–Kier alpha value is -0.880. The van der Waals surface area contributed by atoms with Gasteiger partial charge in [0, 0.05) is 9.35 Å². The minimum atomic E-state index is 0.445. The second kappa shape index (κ2) is 3.89. The third kappa shape index (κ3) is 2.07. The first-order valence-corrected chi connectivity index (χ1v) is 5.25. The van der Waals surface area contributed by atoms with Gasteiger partial charge in [-0.25, -0.2) is 0 Å². The number of aromatic nitrogens is 2. The molecule has 0 radical (unpaired) electrons. The minimum absolute atomic E-state index is 0.445. The summed E-state index contributed by atoms with van der Waals surface area (Å²) in [6.07, 6.45) is 1.30. The molecule has 0 spiro atoms. The second-order valence-corrected chi connectivity index (χ2v) is 4.14. The molecule has 68 valence electrons. The van der Waals surface area contributed by atoms with Crippen LogP contribution in [0.3, 0.4) is 0 Å². The summed E-state index contributed by atoms with van der Waals surface area (Å²) in [5.41, 5.74) is 0. The van der Waals surface area contributed by atoms with Crippen LogP contribution < -0.4 is 5.32 Å². The Balaban J connectivity index is 1.97. The van der Waals surface area contributed by atoms with E-state index in [0.29, 0.717) is 12.6 Å². The number of thiophene rings is 1. The van der Waals surface area contributed by atoms with E-state index in [-0.39, 0.29) is 0 Å². The molecule has 0 atom stereocenters. The Morgan fingerprint density at radius 2 is 2.54 bits per heavy atom. The highest BCUT2D eigenvalue weighted by molar-refractivity contribution is 9.10. The molecule has 0 saturated heterocycles. The second-order valence-electron chi connectivity index (χ2n) is 2.29. The van der Waals surface area contributed by atoms with Crippen molar-refractivity contribution in [2.45, 2.75) is 6.54 Å². The monoisotopic (exact) mass is 259 g/mol. The summed E-state index contributed by atoms with van der Waals surface area (Å²) in [5.74, 6) is 0. The van der Waals surface area contributed by atoms with E-state index >= 15 is 0 Å². The van der Waals surface area contributed by atoms with Crippen molar-refractivity contribution < 1.29 is 4.42 Å². The van der Waals surface area contributed by atoms with Gasteiger partial charge in [-0.2, -0.15) is 0 Å². The minimum Gasteiger partial charge on any atom is -0.411 e. The van der Waals surface area contributed by atoms with E-state index in [0.717, 1.165) is 4.47 Å². The number of rotatable bonds is 3. The lowest BCUT2D eigenvalue weighted by Gasteiger charge is -1.98. The molecule has 0 fully saturated rings. The van der Waals surface area contributed by atoms with Gasteiger partial charge >= 0.3 is 6.01 Å². The number of nitrogens with one attached hydrogen (secondary N) is 1. The Bertz CT molecular complexity index is 373. The number of anilines is 1. The largest absolute Gasteiger partial charge is 0.411 e. The maximum absolute atomic E-state index is 4.93. The van der Waals surface area contributed by atoms with E-state index in [2.05, 4.69) is 31.4 Å². The van der Waals surface area contributed by atoms with Crippen molar-refractivity contribution in [3.05, 3.63) is 27.2 Å². The lowest BCUT2D eigenvalue weighted by molar-refractivity contribution is 0.565. The van der Waals surface area contributed by atoms with Crippen molar-refractivity contribution in [3.8, 4) is 0 Å². The summed E-state index contributed by atoms with van der Waals surface area (Å²) in [6, 6.07) is 2.45. The molecule has 0 aliphatic carbocycles. The average molecular weight is 260 g/mol. The third-order valence-electron chi connectivity index (χ3n) is 1.45. The average Bonchev–Trinajstić information content (AvgIpc) is 2.72. The van der Waals surface area contributed by atoms with Crippen LogP contribution in [-0.4, -0.2) is 10.2 Å². The molecule has 13 heavy (non-hydrogen) atoms. The lowest BCUT2D eigenvalue weighted by Crippen LogP contribution is -1.97. The molecule has 6 heteroatoms. The zero-order valence-electron chi connectivity index (χ0n) is 6.53. The van der Waals surface area contributed by atoms with Crippen LogP contribution >= 0.6 is 27.3 Å². The molecule has 0 saturated carbocycles. The molecule has 0 amide bonds. The maximum atomic E-state index is 4.93. The van der Waals surface area contributed by atoms with Gasteiger partial charge in [-0.15, -0.1) is 16.4 Å². The van der Waals surface area contributed by atoms with Crippen molar-refractivity contribution >= 4 is 33.3 Å². The Labute approximate surface area is 87.1 Å². The summed E-state index contributed by atoms with van der Waals surface area (Å²) >= 11 is 5.11. The van der Waals surface area contributed by atoms with Crippen molar-refractivity contribution in [2.24, 2.45) is 0 Å². The van der Waals surface area contributed by atoms with Gasteiger partial charge in [0.25, 0.3) is 0 Å². The molecule has 2 aromatic rings. The van der Waals surface area contributed by atoms with Crippen LogP contribution in [0.15, 0.2) is 26.7 Å². The fourth-order valence-corrected chi connectivity index (χ4v) is 2.29. The molecule has 0 bridgehead atoms. The molecule has 0 aliphatic heterocycles. The highest BCUT2D eigenvalue weighted by atomic mass is 79.9. The Morgan fingerprint density at radius 1 is 1.62 bits per heavy atom. The molecule has 0 aromatic carbocycles. The SMILES string of the molecule is Brc1ccsc1CNc1nnco1. The fourth-order valence-electron chi connectivity index (χ4n) is 0.857. The summed E-state index contributed by atoms with van der Waals surface area (Å²) in [7, 11) is 0. The summed E-state index contributed by atoms with van der Waals surface area (Å²) in [6.45, 7) is 0.695. The van der Waals surface area contributed by atoms with Crippen LogP contribution in [0.5, 0.6) is 0 Å². The van der Waals surface area contributed by atoms with Gasteiger partial charge in [0.1, 0.15) is 0 Å². The highest BCUT2D eigenvalue weighted by Gasteiger charge is 2.02. The number of nitrogens with zero attached hydrogens (tertiary/aromatic N) is 2. The first kappa shape index (κ1) is 8.71. The number of halogens is 1. The van der Waals surface area contributed by atoms with E-state index in [4.69, 9.17) is 4.42 Å². The molecular formula is C7H6BrN3OS. The van der Waals surface area contributed by atoms with E-state index in [1.165, 1.54) is 11.3 Å². The lowest BCUT2D eigenvalue weighted by atomic mass is 10.5. The molecule has 0 unspecified atom stereocenters. The first-order valence-electron chi connectivity index (χ1n) is 3.58. The summed E-state index contributed by atoms with van der Waals surface area (Å²) in [5, 5.41) is 12.3. The van der Waals surface area contributed by atoms with Crippen LogP contribution in [-0.2, 0) is 6.54 Å². The van der Waals surface area contributed by atoms with Gasteiger partial charge in [0.15, 0.2) is 0 Å². The van der Waals surface area contributed by atoms with E-state index < -0.39 is 0 Å². The van der Waals surface area contributed by atoms with Crippen LogP contribution in [0.1, 0.15) is 4.88 Å². The van der Waals surface area contributed by atoms with Gasteiger partial charge in [0.05, 0.1) is 6.54 Å². The predicted molar refractivity (Wildman–Crippen MR) is 53.6 cm³/mol. The smallest absolute Gasteiger partial charge is 0.315 e. The third-order valence-corrected chi connectivity index (χ3v) is 3.38. The Kier molecular flexibility index (Phi) is 2.60. The maximum Gasteiger partial charge on any atom is 0.315 e. The van der Waals surface area contributed by atoms with E-state index in [9.17, 15) is 0 Å². The zero-order valence-corrected chi connectivity index (χ0v) is 8.93. The van der Waals surface area contributed by atoms with Gasteiger partial charge < -0.3 is 9.73 Å². The highest BCUT2D eigenvalue weighted by Crippen LogP contribution is 2.23. The molecule has 2 rings (SSSR count). The van der Waals surface area contributed by atoms with Crippen molar-refractivity contribution in [1.82, 2.24) is 10.2 Å². The van der Waals surface area contributed by atoms with Crippen LogP contribution in [0.25, 0.3) is 0 Å². The van der Waals surface area contributed by atoms with Crippen LogP contribution in [0, 0.1) is 0 Å². The predicted octanol–water partition coefficient (Wildman–Crippen LogP) is 2.51. The number of hydrogen-bond donors (Lipinski definition) is 1.